The van der Waals surface area contributed by atoms with Crippen molar-refractivity contribution in [3.8, 4) is 0 Å². The van der Waals surface area contributed by atoms with Gasteiger partial charge in [-0.15, -0.1) is 0 Å². The summed E-state index contributed by atoms with van der Waals surface area (Å²) in [4.78, 5) is 9.61. The normalized spacial score (nSPS) is 30.7. The Kier molecular flexibility index (Phi) is 4.42. The predicted octanol–water partition coefficient (Wildman–Crippen LogP) is 2.16. The molecule has 0 saturated carbocycles. The highest BCUT2D eigenvalue weighted by Crippen LogP contribution is 2.33. The van der Waals surface area contributed by atoms with Crippen molar-refractivity contribution >= 4 is 0 Å². The number of fused-ring (bicyclic) bond motifs is 1. The van der Waals surface area contributed by atoms with Crippen molar-refractivity contribution in [1.82, 2.24) is 14.8 Å². The molecule has 0 spiro atoms. The van der Waals surface area contributed by atoms with Gasteiger partial charge >= 0.3 is 0 Å². The van der Waals surface area contributed by atoms with Crippen molar-refractivity contribution in [3.63, 3.8) is 0 Å². The molecule has 0 bridgehead atoms. The Balaban J connectivity index is 1.35. The van der Waals surface area contributed by atoms with E-state index in [1.165, 1.54) is 50.9 Å². The lowest BCUT2D eigenvalue weighted by Crippen LogP contribution is -2.39. The summed E-state index contributed by atoms with van der Waals surface area (Å²) in [6.45, 7) is 6.88. The fraction of sp³-hybridized carbons (Fsp3) is 0.722. The number of pyridine rings is 1. The molecule has 3 saturated heterocycles. The molecule has 22 heavy (non-hydrogen) atoms. The van der Waals surface area contributed by atoms with Gasteiger partial charge in [0.2, 0.25) is 0 Å². The lowest BCUT2D eigenvalue weighted by molar-refractivity contribution is 0.0504. The van der Waals surface area contributed by atoms with E-state index in [1.807, 2.05) is 12.4 Å². The van der Waals surface area contributed by atoms with Crippen LogP contribution in [0.15, 0.2) is 24.5 Å². The van der Waals surface area contributed by atoms with E-state index >= 15 is 0 Å². The van der Waals surface area contributed by atoms with Crippen molar-refractivity contribution in [2.75, 3.05) is 32.8 Å². The van der Waals surface area contributed by atoms with Crippen LogP contribution < -0.4 is 0 Å². The number of nitrogens with zero attached hydrogens (tertiary/aromatic N) is 3. The van der Waals surface area contributed by atoms with E-state index < -0.39 is 0 Å². The molecular weight excluding hydrogens is 274 g/mol. The molecule has 4 nitrogen and oxygen atoms in total. The number of aromatic nitrogens is 1. The van der Waals surface area contributed by atoms with Crippen LogP contribution in [0.25, 0.3) is 0 Å². The second-order valence-electron chi connectivity index (χ2n) is 7.09. The van der Waals surface area contributed by atoms with Crippen LogP contribution in [0.2, 0.25) is 0 Å². The van der Waals surface area contributed by atoms with Crippen LogP contribution in [0, 0.1) is 5.92 Å². The standard InChI is InChI=1S/C18H27N3O/c1-7-19-8-2-15(1)13-20-9-3-18-17(20)4-10-21(18)14-16-5-11-22-12-6-16/h1-2,7-8,16-18H,3-6,9-14H2/t17-,18?/m0/s1. The second kappa shape index (κ2) is 6.65. The van der Waals surface area contributed by atoms with Gasteiger partial charge in [-0.2, -0.15) is 0 Å². The average Bonchev–Trinajstić information content (AvgIpc) is 3.14. The van der Waals surface area contributed by atoms with E-state index in [0.717, 1.165) is 37.8 Å². The molecule has 1 aromatic heterocycles. The first-order chi connectivity index (χ1) is 10.9. The molecule has 120 valence electrons. The van der Waals surface area contributed by atoms with Gasteiger partial charge in [0.05, 0.1) is 0 Å². The maximum atomic E-state index is 5.50. The highest BCUT2D eigenvalue weighted by Gasteiger charge is 2.42. The predicted molar refractivity (Wildman–Crippen MR) is 86.6 cm³/mol. The highest BCUT2D eigenvalue weighted by molar-refractivity contribution is 5.11. The third kappa shape index (κ3) is 3.05. The summed E-state index contributed by atoms with van der Waals surface area (Å²) in [5, 5.41) is 0. The van der Waals surface area contributed by atoms with Crippen molar-refractivity contribution in [3.05, 3.63) is 30.1 Å². The zero-order valence-corrected chi connectivity index (χ0v) is 13.4. The maximum absolute atomic E-state index is 5.50. The third-order valence-corrected chi connectivity index (χ3v) is 5.77. The molecule has 4 heteroatoms. The molecule has 3 aliphatic heterocycles. The zero-order valence-electron chi connectivity index (χ0n) is 13.4. The minimum atomic E-state index is 0.771. The summed E-state index contributed by atoms with van der Waals surface area (Å²) >= 11 is 0. The molecule has 4 rings (SSSR count). The molecule has 1 unspecified atom stereocenters. The summed E-state index contributed by atoms with van der Waals surface area (Å²) in [6.07, 6.45) is 9.03. The van der Waals surface area contributed by atoms with Crippen LogP contribution in [0.1, 0.15) is 31.2 Å². The van der Waals surface area contributed by atoms with Gasteiger partial charge in [0.25, 0.3) is 0 Å². The molecule has 3 fully saturated rings. The van der Waals surface area contributed by atoms with Gasteiger partial charge < -0.3 is 4.74 Å². The van der Waals surface area contributed by atoms with Crippen LogP contribution in [-0.2, 0) is 11.3 Å². The Labute approximate surface area is 133 Å². The summed E-state index contributed by atoms with van der Waals surface area (Å²) in [5.74, 6) is 0.863. The van der Waals surface area contributed by atoms with E-state index in [0.29, 0.717) is 0 Å². The van der Waals surface area contributed by atoms with E-state index in [1.54, 1.807) is 0 Å². The number of hydrogen-bond acceptors (Lipinski definition) is 4. The first-order valence-electron chi connectivity index (χ1n) is 8.85. The van der Waals surface area contributed by atoms with Crippen LogP contribution in [-0.4, -0.2) is 59.7 Å². The average molecular weight is 301 g/mol. The second-order valence-corrected chi connectivity index (χ2v) is 7.09. The first-order valence-corrected chi connectivity index (χ1v) is 8.85. The van der Waals surface area contributed by atoms with Gasteiger partial charge in [-0.1, -0.05) is 0 Å². The summed E-state index contributed by atoms with van der Waals surface area (Å²) in [7, 11) is 0. The minimum Gasteiger partial charge on any atom is -0.381 e. The summed E-state index contributed by atoms with van der Waals surface area (Å²) < 4.78 is 5.50. The number of hydrogen-bond donors (Lipinski definition) is 0. The molecular formula is C18H27N3O. The van der Waals surface area contributed by atoms with E-state index in [9.17, 15) is 0 Å². The molecule has 0 aromatic carbocycles. The van der Waals surface area contributed by atoms with Crippen LogP contribution in [0.5, 0.6) is 0 Å². The molecule has 4 heterocycles. The fourth-order valence-corrected chi connectivity index (χ4v) is 4.57. The van der Waals surface area contributed by atoms with E-state index in [-0.39, 0.29) is 0 Å². The quantitative estimate of drug-likeness (QED) is 0.852. The van der Waals surface area contributed by atoms with E-state index in [2.05, 4.69) is 26.9 Å². The highest BCUT2D eigenvalue weighted by atomic mass is 16.5. The fourth-order valence-electron chi connectivity index (χ4n) is 4.57. The smallest absolute Gasteiger partial charge is 0.0469 e. The van der Waals surface area contributed by atoms with Gasteiger partial charge in [-0.25, -0.2) is 0 Å². The van der Waals surface area contributed by atoms with Crippen LogP contribution >= 0.6 is 0 Å². The Bertz CT molecular complexity index is 474. The lowest BCUT2D eigenvalue weighted by atomic mass is 9.99. The number of likely N-dealkylation sites (tertiary alicyclic amines) is 2. The zero-order chi connectivity index (χ0) is 14.8. The minimum absolute atomic E-state index is 0.771. The van der Waals surface area contributed by atoms with Gasteiger partial charge in [-0.05, 0) is 49.3 Å². The van der Waals surface area contributed by atoms with Crippen LogP contribution in [0.4, 0.5) is 0 Å². The van der Waals surface area contributed by atoms with Gasteiger partial charge in [-0.3, -0.25) is 14.8 Å². The van der Waals surface area contributed by atoms with Crippen LogP contribution in [0.3, 0.4) is 0 Å². The van der Waals surface area contributed by atoms with Gasteiger partial charge in [0.15, 0.2) is 0 Å². The molecule has 0 N–H and O–H groups in total. The summed E-state index contributed by atoms with van der Waals surface area (Å²) in [5.41, 5.74) is 1.40. The molecule has 0 amide bonds. The molecule has 2 atom stereocenters. The van der Waals surface area contributed by atoms with E-state index in [4.69, 9.17) is 4.74 Å². The SMILES string of the molecule is c1cc(CN2CCC3[C@@H]2CCN3CC2CCOCC2)ccn1. The lowest BCUT2D eigenvalue weighted by Gasteiger charge is -2.30. The Morgan fingerprint density at radius 3 is 2.41 bits per heavy atom. The maximum Gasteiger partial charge on any atom is 0.0469 e. The third-order valence-electron chi connectivity index (χ3n) is 5.77. The van der Waals surface area contributed by atoms with Gasteiger partial charge in [0, 0.05) is 63.9 Å². The van der Waals surface area contributed by atoms with Gasteiger partial charge in [0.1, 0.15) is 0 Å². The molecule has 1 aromatic rings. The Hall–Kier alpha value is -0.970. The monoisotopic (exact) mass is 301 g/mol. The summed E-state index contributed by atoms with van der Waals surface area (Å²) in [6, 6.07) is 5.88. The topological polar surface area (TPSA) is 28.6 Å². The Morgan fingerprint density at radius 2 is 1.64 bits per heavy atom. The van der Waals surface area contributed by atoms with Crippen molar-refractivity contribution in [2.45, 2.75) is 44.3 Å². The van der Waals surface area contributed by atoms with Crippen molar-refractivity contribution in [2.24, 2.45) is 5.92 Å². The number of ether oxygens (including phenoxy) is 1. The van der Waals surface area contributed by atoms with Crippen molar-refractivity contribution in [1.29, 1.82) is 0 Å². The van der Waals surface area contributed by atoms with Crippen molar-refractivity contribution < 1.29 is 4.74 Å². The molecule has 3 aliphatic rings. The molecule has 0 radical (unpaired) electrons. The largest absolute Gasteiger partial charge is 0.381 e. The first kappa shape index (κ1) is 14.6. The molecule has 0 aliphatic carbocycles. The number of rotatable bonds is 4. The Morgan fingerprint density at radius 1 is 0.955 bits per heavy atom.